The van der Waals surface area contributed by atoms with Gasteiger partial charge in [-0.3, -0.25) is 37.3 Å². The number of phosphoric ester groups is 2. The van der Waals surface area contributed by atoms with Crippen molar-refractivity contribution >= 4 is 39.5 Å². The van der Waals surface area contributed by atoms with Crippen molar-refractivity contribution in [2.24, 2.45) is 5.92 Å². The average molecular weight is 1340 g/mol. The van der Waals surface area contributed by atoms with E-state index in [9.17, 15) is 43.2 Å². The molecule has 540 valence electrons. The van der Waals surface area contributed by atoms with Crippen molar-refractivity contribution in [1.29, 1.82) is 0 Å². The smallest absolute Gasteiger partial charge is 0.462 e. The Morgan fingerprint density at radius 1 is 0.297 bits per heavy atom. The molecule has 5 atom stereocenters. The molecule has 0 fully saturated rings. The molecule has 17 nitrogen and oxygen atoms in total. The fourth-order valence-electron chi connectivity index (χ4n) is 11.0. The first-order chi connectivity index (χ1) is 44.0. The van der Waals surface area contributed by atoms with Crippen molar-refractivity contribution in [3.05, 3.63) is 0 Å². The Morgan fingerprint density at radius 2 is 0.505 bits per heavy atom. The van der Waals surface area contributed by atoms with E-state index in [1.165, 1.54) is 186 Å². The van der Waals surface area contributed by atoms with Crippen LogP contribution >= 0.6 is 15.6 Å². The van der Waals surface area contributed by atoms with Gasteiger partial charge in [-0.2, -0.15) is 0 Å². The fourth-order valence-corrected chi connectivity index (χ4v) is 12.6. The summed E-state index contributed by atoms with van der Waals surface area (Å²) in [7, 11) is -9.89. The van der Waals surface area contributed by atoms with Crippen LogP contribution in [-0.4, -0.2) is 96.7 Å². The minimum Gasteiger partial charge on any atom is -0.462 e. The lowest BCUT2D eigenvalue weighted by molar-refractivity contribution is -0.161. The van der Waals surface area contributed by atoms with E-state index >= 15 is 0 Å². The highest BCUT2D eigenvalue weighted by atomic mass is 31.2. The zero-order chi connectivity index (χ0) is 67.0. The van der Waals surface area contributed by atoms with Crippen LogP contribution in [0.3, 0.4) is 0 Å². The number of phosphoric acid groups is 2. The number of hydrogen-bond donors (Lipinski definition) is 3. The summed E-state index contributed by atoms with van der Waals surface area (Å²) < 4.78 is 68.2. The van der Waals surface area contributed by atoms with Gasteiger partial charge in [0.25, 0.3) is 0 Å². The summed E-state index contributed by atoms with van der Waals surface area (Å²) in [4.78, 5) is 72.4. The van der Waals surface area contributed by atoms with Crippen LogP contribution in [0.25, 0.3) is 0 Å². The van der Waals surface area contributed by atoms with Gasteiger partial charge < -0.3 is 33.8 Å². The minimum atomic E-state index is -4.95. The van der Waals surface area contributed by atoms with Gasteiger partial charge in [0.1, 0.15) is 19.3 Å². The van der Waals surface area contributed by atoms with E-state index in [0.29, 0.717) is 31.6 Å². The Bertz CT molecular complexity index is 1750. The minimum absolute atomic E-state index is 0.102. The molecule has 0 spiro atoms. The summed E-state index contributed by atoms with van der Waals surface area (Å²) in [6.45, 7) is 7.12. The van der Waals surface area contributed by atoms with Gasteiger partial charge in [0.15, 0.2) is 12.2 Å². The molecule has 0 saturated carbocycles. The quantitative estimate of drug-likeness (QED) is 0.0222. The zero-order valence-electron chi connectivity index (χ0n) is 59.0. The molecule has 0 aromatic carbocycles. The largest absolute Gasteiger partial charge is 0.472 e. The number of esters is 4. The Balaban J connectivity index is 5.14. The Hall–Kier alpha value is -1.94. The normalized spacial score (nSPS) is 14.0. The van der Waals surface area contributed by atoms with Gasteiger partial charge in [-0.25, -0.2) is 9.13 Å². The number of carbonyl (C=O) groups excluding carboxylic acids is 4. The van der Waals surface area contributed by atoms with Gasteiger partial charge in [0.05, 0.1) is 26.4 Å². The lowest BCUT2D eigenvalue weighted by Gasteiger charge is -2.21. The predicted molar refractivity (Wildman–Crippen MR) is 368 cm³/mol. The highest BCUT2D eigenvalue weighted by Crippen LogP contribution is 2.45. The van der Waals surface area contributed by atoms with Crippen LogP contribution in [-0.2, 0) is 65.4 Å². The first-order valence-electron chi connectivity index (χ1n) is 37.6. The summed E-state index contributed by atoms with van der Waals surface area (Å²) in [6, 6.07) is 0. The molecule has 0 aromatic rings. The Morgan fingerprint density at radius 3 is 0.747 bits per heavy atom. The third-order valence-corrected chi connectivity index (χ3v) is 18.7. The molecule has 0 bridgehead atoms. The van der Waals surface area contributed by atoms with Gasteiger partial charge in [0, 0.05) is 25.7 Å². The van der Waals surface area contributed by atoms with E-state index in [-0.39, 0.29) is 25.7 Å². The summed E-state index contributed by atoms with van der Waals surface area (Å²) in [5, 5.41) is 10.6. The maximum absolute atomic E-state index is 13.0. The maximum atomic E-state index is 13.0. The molecule has 0 amide bonds. The summed E-state index contributed by atoms with van der Waals surface area (Å²) in [6.07, 6.45) is 53.2. The first kappa shape index (κ1) is 89.1. The van der Waals surface area contributed by atoms with Gasteiger partial charge in [-0.1, -0.05) is 324 Å². The molecule has 0 heterocycles. The number of carbonyl (C=O) groups is 4. The summed E-state index contributed by atoms with van der Waals surface area (Å²) in [5.74, 6) is -1.46. The van der Waals surface area contributed by atoms with Crippen LogP contribution < -0.4 is 0 Å². The van der Waals surface area contributed by atoms with Gasteiger partial charge >= 0.3 is 39.5 Å². The van der Waals surface area contributed by atoms with Crippen LogP contribution in [0, 0.1) is 5.92 Å². The molecule has 19 heteroatoms. The second-order valence-corrected chi connectivity index (χ2v) is 29.4. The molecule has 91 heavy (non-hydrogen) atoms. The molecule has 0 aliphatic heterocycles. The Labute approximate surface area is 556 Å². The standard InChI is InChI=1S/C72H140O17P2/c1-6-9-12-15-18-20-22-24-26-27-28-29-30-31-32-34-36-38-41-47-52-57-71(76)88-67(62-83-70(75)56-51-46-40-37-35-33-25-23-21-19-16-13-10-7-2)63-86-90(78,79)84-59-66(73)60-85-91(80,81)87-64-68(61-82-69(74)55-50-45-39-17-14-11-8-3)89-72(77)58-53-48-43-42-44-49-54-65(4)5/h65-68,73H,6-64H2,1-5H3,(H,78,79)(H,80,81)/t66-,67-,68-/m1/s1. The van der Waals surface area contributed by atoms with E-state index in [4.69, 9.17) is 37.0 Å². The maximum Gasteiger partial charge on any atom is 0.472 e. The lowest BCUT2D eigenvalue weighted by atomic mass is 10.0. The first-order valence-corrected chi connectivity index (χ1v) is 40.6. The van der Waals surface area contributed by atoms with Crippen molar-refractivity contribution in [2.45, 2.75) is 393 Å². The van der Waals surface area contributed by atoms with E-state index in [1.807, 2.05) is 0 Å². The van der Waals surface area contributed by atoms with Crippen LogP contribution in [0.1, 0.15) is 375 Å². The monoisotopic (exact) mass is 1340 g/mol. The number of aliphatic hydroxyl groups excluding tert-OH is 1. The molecule has 0 aromatic heterocycles. The highest BCUT2D eigenvalue weighted by molar-refractivity contribution is 7.47. The molecule has 0 aliphatic rings. The predicted octanol–water partition coefficient (Wildman–Crippen LogP) is 20.9. The second-order valence-electron chi connectivity index (χ2n) is 26.5. The number of rotatable bonds is 72. The fraction of sp³-hybridized carbons (Fsp3) is 0.944. The molecule has 2 unspecified atom stereocenters. The molecule has 0 saturated heterocycles. The van der Waals surface area contributed by atoms with Crippen molar-refractivity contribution in [1.82, 2.24) is 0 Å². The summed E-state index contributed by atoms with van der Waals surface area (Å²) >= 11 is 0. The van der Waals surface area contributed by atoms with Gasteiger partial charge in [-0.15, -0.1) is 0 Å². The molecule has 0 rings (SSSR count). The highest BCUT2D eigenvalue weighted by Gasteiger charge is 2.30. The van der Waals surface area contributed by atoms with Crippen LogP contribution in [0.4, 0.5) is 0 Å². The second kappa shape index (κ2) is 65.4. The van der Waals surface area contributed by atoms with Crippen molar-refractivity contribution in [3.8, 4) is 0 Å². The van der Waals surface area contributed by atoms with Crippen molar-refractivity contribution in [3.63, 3.8) is 0 Å². The van der Waals surface area contributed by atoms with E-state index < -0.39 is 97.5 Å². The van der Waals surface area contributed by atoms with Gasteiger partial charge in [-0.05, 0) is 31.6 Å². The van der Waals surface area contributed by atoms with Crippen LogP contribution in [0.2, 0.25) is 0 Å². The molecule has 0 radical (unpaired) electrons. The molecule has 0 aliphatic carbocycles. The SMILES string of the molecule is CCCCCCCCCCCCCCCCCCCCCCCC(=O)O[C@H](COC(=O)CCCCCCCCCCCCCCCC)COP(=O)(O)OC[C@@H](O)COP(=O)(O)OC[C@@H](COC(=O)CCCCCCCCC)OC(=O)CCCCCCCCC(C)C. The van der Waals surface area contributed by atoms with Gasteiger partial charge in [0.2, 0.25) is 0 Å². The number of hydrogen-bond acceptors (Lipinski definition) is 15. The van der Waals surface area contributed by atoms with Crippen molar-refractivity contribution < 1.29 is 80.2 Å². The average Bonchev–Trinajstić information content (AvgIpc) is 3.45. The lowest BCUT2D eigenvalue weighted by Crippen LogP contribution is -2.30. The van der Waals surface area contributed by atoms with Crippen LogP contribution in [0.5, 0.6) is 0 Å². The molecular weight excluding hydrogens is 1200 g/mol. The van der Waals surface area contributed by atoms with E-state index in [2.05, 4.69) is 34.6 Å². The third-order valence-electron chi connectivity index (χ3n) is 16.8. The molecule has 3 N–H and O–H groups in total. The number of unbranched alkanes of at least 4 members (excludes halogenated alkanes) is 44. The Kier molecular flexibility index (Phi) is 64.0. The summed E-state index contributed by atoms with van der Waals surface area (Å²) in [5.41, 5.74) is 0. The van der Waals surface area contributed by atoms with E-state index in [1.54, 1.807) is 0 Å². The number of ether oxygens (including phenoxy) is 4. The van der Waals surface area contributed by atoms with Crippen LogP contribution in [0.15, 0.2) is 0 Å². The topological polar surface area (TPSA) is 237 Å². The molecular formula is C72H140O17P2. The van der Waals surface area contributed by atoms with E-state index in [0.717, 1.165) is 103 Å². The third kappa shape index (κ3) is 66.5. The van der Waals surface area contributed by atoms with Crippen molar-refractivity contribution in [2.75, 3.05) is 39.6 Å². The zero-order valence-corrected chi connectivity index (χ0v) is 60.8. The number of aliphatic hydroxyl groups is 1.